The van der Waals surface area contributed by atoms with E-state index in [2.05, 4.69) is 10.2 Å². The average molecular weight is 124 g/mol. The van der Waals surface area contributed by atoms with Gasteiger partial charge in [-0.1, -0.05) is 0 Å². The van der Waals surface area contributed by atoms with E-state index in [1.165, 1.54) is 0 Å². The molecule has 0 spiro atoms. The van der Waals surface area contributed by atoms with Gasteiger partial charge in [0, 0.05) is 11.8 Å². The molecule has 0 amide bonds. The van der Waals surface area contributed by atoms with Gasteiger partial charge >= 0.3 is 0 Å². The smallest absolute Gasteiger partial charge is 0.0700 e. The van der Waals surface area contributed by atoms with Crippen LogP contribution in [-0.2, 0) is 6.61 Å². The van der Waals surface area contributed by atoms with E-state index in [1.54, 1.807) is 12.3 Å². The number of aliphatic hydroxyl groups excluding tert-OH is 1. The summed E-state index contributed by atoms with van der Waals surface area (Å²) in [5, 5.41) is 16.0. The lowest BCUT2D eigenvalue weighted by Gasteiger charge is -1.95. The van der Waals surface area contributed by atoms with Crippen LogP contribution in [0, 0.1) is 6.92 Å². The number of aliphatic hydroxyl groups is 1. The van der Waals surface area contributed by atoms with Gasteiger partial charge in [0.05, 0.1) is 12.3 Å². The maximum absolute atomic E-state index is 8.65. The Labute approximate surface area is 53.4 Å². The molecule has 1 rings (SSSR count). The molecule has 3 nitrogen and oxygen atoms in total. The largest absolute Gasteiger partial charge is 0.392 e. The second-order valence-corrected chi connectivity index (χ2v) is 1.80. The molecule has 0 aliphatic rings. The Morgan fingerprint density at radius 2 is 2.44 bits per heavy atom. The molecule has 9 heavy (non-hydrogen) atoms. The van der Waals surface area contributed by atoms with Gasteiger partial charge in [-0.25, -0.2) is 0 Å². The third kappa shape index (κ3) is 1.23. The van der Waals surface area contributed by atoms with Crippen molar-refractivity contribution in [1.29, 1.82) is 0 Å². The van der Waals surface area contributed by atoms with Gasteiger partial charge in [-0.3, -0.25) is 0 Å². The van der Waals surface area contributed by atoms with Gasteiger partial charge in [-0.2, -0.15) is 10.2 Å². The summed E-state index contributed by atoms with van der Waals surface area (Å²) in [6.45, 7) is 1.86. The number of hydrogen-bond donors (Lipinski definition) is 1. The topological polar surface area (TPSA) is 46.0 Å². The summed E-state index contributed by atoms with van der Waals surface area (Å²) in [5.74, 6) is 0. The second-order valence-electron chi connectivity index (χ2n) is 1.80. The Balaban J connectivity index is 3.01. The Kier molecular flexibility index (Phi) is 1.75. The van der Waals surface area contributed by atoms with Crippen LogP contribution in [0.15, 0.2) is 12.3 Å². The van der Waals surface area contributed by atoms with E-state index in [1.807, 2.05) is 6.92 Å². The molecule has 0 fully saturated rings. The number of hydrogen-bond acceptors (Lipinski definition) is 3. The fraction of sp³-hybridized carbons (Fsp3) is 0.333. The van der Waals surface area contributed by atoms with Crippen molar-refractivity contribution in [3.05, 3.63) is 23.5 Å². The third-order valence-electron chi connectivity index (χ3n) is 1.19. The van der Waals surface area contributed by atoms with Crippen LogP contribution in [0.1, 0.15) is 11.3 Å². The summed E-state index contributed by atoms with van der Waals surface area (Å²) >= 11 is 0. The maximum Gasteiger partial charge on any atom is 0.0700 e. The lowest BCUT2D eigenvalue weighted by Crippen LogP contribution is -1.92. The predicted octanol–water partition coefficient (Wildman–Crippen LogP) is 0.277. The SMILES string of the molecule is Cc1nnccc1CO. The van der Waals surface area contributed by atoms with Crippen LogP contribution < -0.4 is 0 Å². The fourth-order valence-corrected chi connectivity index (χ4v) is 0.595. The van der Waals surface area contributed by atoms with Crippen molar-refractivity contribution in [3.8, 4) is 0 Å². The quantitative estimate of drug-likeness (QED) is 0.584. The van der Waals surface area contributed by atoms with Gasteiger partial charge in [0.15, 0.2) is 0 Å². The van der Waals surface area contributed by atoms with E-state index in [9.17, 15) is 0 Å². The van der Waals surface area contributed by atoms with Gasteiger partial charge in [0.1, 0.15) is 0 Å². The second kappa shape index (κ2) is 2.55. The molecule has 0 saturated heterocycles. The number of nitrogens with zero attached hydrogens (tertiary/aromatic N) is 2. The zero-order valence-corrected chi connectivity index (χ0v) is 5.20. The Bertz CT molecular complexity index is 200. The van der Waals surface area contributed by atoms with Crippen LogP contribution in [0.2, 0.25) is 0 Å². The fourth-order valence-electron chi connectivity index (χ4n) is 0.595. The van der Waals surface area contributed by atoms with Crippen molar-refractivity contribution < 1.29 is 5.11 Å². The first-order valence-corrected chi connectivity index (χ1v) is 2.72. The molecule has 1 aromatic heterocycles. The predicted molar refractivity (Wildman–Crippen MR) is 32.7 cm³/mol. The van der Waals surface area contributed by atoms with E-state index < -0.39 is 0 Å². The molecule has 0 unspecified atom stereocenters. The van der Waals surface area contributed by atoms with Crippen LogP contribution >= 0.6 is 0 Å². The third-order valence-corrected chi connectivity index (χ3v) is 1.19. The molecule has 48 valence electrons. The van der Waals surface area contributed by atoms with Crippen molar-refractivity contribution in [1.82, 2.24) is 10.2 Å². The molecule has 0 atom stereocenters. The van der Waals surface area contributed by atoms with Crippen LogP contribution in [0.25, 0.3) is 0 Å². The molecule has 3 heteroatoms. The molecule has 0 radical (unpaired) electrons. The van der Waals surface area contributed by atoms with Crippen molar-refractivity contribution in [2.45, 2.75) is 13.5 Å². The number of rotatable bonds is 1. The molecule has 1 N–H and O–H groups in total. The first-order chi connectivity index (χ1) is 4.34. The Hall–Kier alpha value is -0.960. The Morgan fingerprint density at radius 1 is 1.67 bits per heavy atom. The van der Waals surface area contributed by atoms with Gasteiger partial charge in [-0.05, 0) is 13.0 Å². The maximum atomic E-state index is 8.65. The van der Waals surface area contributed by atoms with E-state index >= 15 is 0 Å². The highest BCUT2D eigenvalue weighted by molar-refractivity contribution is 5.13. The van der Waals surface area contributed by atoms with Crippen LogP contribution in [0.3, 0.4) is 0 Å². The molecular weight excluding hydrogens is 116 g/mol. The highest BCUT2D eigenvalue weighted by atomic mass is 16.3. The highest BCUT2D eigenvalue weighted by Gasteiger charge is 1.93. The molecule has 0 aromatic carbocycles. The van der Waals surface area contributed by atoms with Gasteiger partial charge in [0.2, 0.25) is 0 Å². The van der Waals surface area contributed by atoms with Crippen LogP contribution in [0.4, 0.5) is 0 Å². The van der Waals surface area contributed by atoms with E-state index in [4.69, 9.17) is 5.11 Å². The first kappa shape index (κ1) is 6.16. The summed E-state index contributed by atoms with van der Waals surface area (Å²) in [4.78, 5) is 0. The molecule has 0 bridgehead atoms. The summed E-state index contributed by atoms with van der Waals surface area (Å²) in [6, 6.07) is 1.75. The highest BCUT2D eigenvalue weighted by Crippen LogP contribution is 1.99. The monoisotopic (exact) mass is 124 g/mol. The minimum Gasteiger partial charge on any atom is -0.392 e. The zero-order valence-electron chi connectivity index (χ0n) is 5.20. The number of aromatic nitrogens is 2. The van der Waals surface area contributed by atoms with Crippen molar-refractivity contribution >= 4 is 0 Å². The van der Waals surface area contributed by atoms with E-state index in [-0.39, 0.29) is 6.61 Å². The zero-order chi connectivity index (χ0) is 6.69. The molecule has 1 aromatic rings. The average Bonchev–Trinajstić information content (AvgIpc) is 1.89. The summed E-state index contributed by atoms with van der Waals surface area (Å²) in [7, 11) is 0. The summed E-state index contributed by atoms with van der Waals surface area (Å²) in [5.41, 5.74) is 1.63. The van der Waals surface area contributed by atoms with Crippen LogP contribution in [0.5, 0.6) is 0 Å². The van der Waals surface area contributed by atoms with Gasteiger partial charge < -0.3 is 5.11 Å². The number of aryl methyl sites for hydroxylation is 1. The molecule has 1 heterocycles. The minimum absolute atomic E-state index is 0.0430. The molecular formula is C6H8N2O. The lowest BCUT2D eigenvalue weighted by atomic mass is 10.2. The molecule has 0 aliphatic carbocycles. The van der Waals surface area contributed by atoms with Crippen molar-refractivity contribution in [2.75, 3.05) is 0 Å². The minimum atomic E-state index is 0.0430. The van der Waals surface area contributed by atoms with Crippen molar-refractivity contribution in [3.63, 3.8) is 0 Å². The normalized spacial score (nSPS) is 9.56. The summed E-state index contributed by atoms with van der Waals surface area (Å²) in [6.07, 6.45) is 1.57. The standard InChI is InChI=1S/C6H8N2O/c1-5-6(4-9)2-3-7-8-5/h2-3,9H,4H2,1H3. The van der Waals surface area contributed by atoms with Gasteiger partial charge in [0.25, 0.3) is 0 Å². The lowest BCUT2D eigenvalue weighted by molar-refractivity contribution is 0.280. The molecule has 0 aliphatic heterocycles. The van der Waals surface area contributed by atoms with Gasteiger partial charge in [-0.15, -0.1) is 0 Å². The van der Waals surface area contributed by atoms with E-state index in [0.717, 1.165) is 11.3 Å². The van der Waals surface area contributed by atoms with Crippen molar-refractivity contribution in [2.24, 2.45) is 0 Å². The van der Waals surface area contributed by atoms with E-state index in [0.29, 0.717) is 0 Å². The Morgan fingerprint density at radius 3 is 2.89 bits per heavy atom. The summed E-state index contributed by atoms with van der Waals surface area (Å²) < 4.78 is 0. The molecule has 0 saturated carbocycles. The first-order valence-electron chi connectivity index (χ1n) is 2.72. The van der Waals surface area contributed by atoms with Crippen LogP contribution in [-0.4, -0.2) is 15.3 Å².